The molecule has 138 valence electrons. The fourth-order valence-electron chi connectivity index (χ4n) is 1.71. The van der Waals surface area contributed by atoms with Crippen LogP contribution in [-0.2, 0) is 4.79 Å². The number of ether oxygens (including phenoxy) is 2. The molecule has 3 N–H and O–H groups in total. The Balaban J connectivity index is 0. The summed E-state index contributed by atoms with van der Waals surface area (Å²) >= 11 is 4.89. The highest BCUT2D eigenvalue weighted by atomic mass is 32.1. The number of carbonyl (C=O) groups excluding carboxylic acids is 2. The van der Waals surface area contributed by atoms with Crippen LogP contribution < -0.4 is 25.6 Å². The molecule has 8 nitrogen and oxygen atoms in total. The van der Waals surface area contributed by atoms with E-state index in [0.717, 1.165) is 5.75 Å². The number of hydrogen-bond donors (Lipinski definition) is 3. The van der Waals surface area contributed by atoms with Crippen molar-refractivity contribution in [1.82, 2.24) is 16.2 Å². The predicted octanol–water partition coefficient (Wildman–Crippen LogP) is 2.13. The molecule has 0 aliphatic rings. The van der Waals surface area contributed by atoms with Crippen LogP contribution in [0.2, 0.25) is 0 Å². The lowest BCUT2D eigenvalue weighted by molar-refractivity contribution is -0.123. The van der Waals surface area contributed by atoms with Gasteiger partial charge in [0.15, 0.2) is 17.5 Å². The van der Waals surface area contributed by atoms with Crippen molar-refractivity contribution in [2.45, 2.75) is 6.92 Å². The van der Waals surface area contributed by atoms with E-state index in [-0.39, 0.29) is 21.8 Å². The Bertz CT molecular complexity index is 730. The zero-order valence-electron chi connectivity index (χ0n) is 13.4. The lowest BCUT2D eigenvalue weighted by atomic mass is 10.3. The van der Waals surface area contributed by atoms with E-state index in [1.807, 2.05) is 6.92 Å². The minimum atomic E-state index is -0.526. The van der Waals surface area contributed by atoms with Crippen molar-refractivity contribution >= 4 is 29.1 Å². The van der Waals surface area contributed by atoms with Gasteiger partial charge in [-0.1, -0.05) is 0 Å². The molecule has 0 saturated carbocycles. The first-order chi connectivity index (χ1) is 12.1. The van der Waals surface area contributed by atoms with E-state index in [4.69, 9.17) is 26.1 Å². The molecule has 1 heterocycles. The maximum absolute atomic E-state index is 11.7. The molecule has 0 bridgehead atoms. The van der Waals surface area contributed by atoms with Crippen molar-refractivity contribution in [3.05, 3.63) is 48.4 Å². The van der Waals surface area contributed by atoms with Crippen LogP contribution in [0.25, 0.3) is 0 Å². The van der Waals surface area contributed by atoms with Gasteiger partial charge in [0, 0.05) is 4.28 Å². The average Bonchev–Trinajstić information content (AvgIpc) is 3.14. The SMILES string of the molecule is CCOc1ccc(OCC(=O)NNC(=S)NC(=O)c2ccco2)cc1.[HH].[HH].[HH]. The molecule has 0 fully saturated rings. The second-order valence-electron chi connectivity index (χ2n) is 4.63. The average molecular weight is 369 g/mol. The minimum absolute atomic E-state index is 0. The maximum atomic E-state index is 11.7. The molecule has 0 aliphatic carbocycles. The number of thiocarbonyl (C=S) groups is 1. The number of hydrogen-bond acceptors (Lipinski definition) is 6. The van der Waals surface area contributed by atoms with Crippen LogP contribution in [0.3, 0.4) is 0 Å². The van der Waals surface area contributed by atoms with Crippen LogP contribution >= 0.6 is 12.2 Å². The molecule has 0 aliphatic heterocycles. The Morgan fingerprint density at radius 2 is 1.80 bits per heavy atom. The highest BCUT2D eigenvalue weighted by molar-refractivity contribution is 7.80. The summed E-state index contributed by atoms with van der Waals surface area (Å²) in [6, 6.07) is 9.94. The molecule has 25 heavy (non-hydrogen) atoms. The largest absolute Gasteiger partial charge is 0.494 e. The summed E-state index contributed by atoms with van der Waals surface area (Å²) < 4.78 is 15.5. The number of rotatable bonds is 6. The standard InChI is InChI=1S/C16H17N3O5S.3H2/c1-2-22-11-5-7-12(8-6-11)24-10-14(20)18-19-16(25)17-15(21)13-4-3-9-23-13;;;/h3-9H,2,10H2,1H3,(H,18,20)(H2,17,19,21,25);3*1H. The van der Waals surface area contributed by atoms with Crippen LogP contribution in [0, 0.1) is 0 Å². The predicted molar refractivity (Wildman–Crippen MR) is 99.5 cm³/mol. The van der Waals surface area contributed by atoms with Gasteiger partial charge in [-0.2, -0.15) is 0 Å². The number of hydrazine groups is 1. The van der Waals surface area contributed by atoms with E-state index >= 15 is 0 Å². The Morgan fingerprint density at radius 3 is 2.40 bits per heavy atom. The number of nitrogens with one attached hydrogen (secondary N) is 3. The lowest BCUT2D eigenvalue weighted by Gasteiger charge is -2.11. The minimum Gasteiger partial charge on any atom is -0.494 e. The zero-order chi connectivity index (χ0) is 18.1. The zero-order valence-corrected chi connectivity index (χ0v) is 14.2. The first kappa shape index (κ1) is 18.3. The number of furan rings is 1. The van der Waals surface area contributed by atoms with E-state index in [9.17, 15) is 9.59 Å². The summed E-state index contributed by atoms with van der Waals surface area (Å²) in [6.45, 7) is 2.24. The van der Waals surface area contributed by atoms with E-state index in [0.29, 0.717) is 12.4 Å². The molecule has 9 heteroatoms. The van der Waals surface area contributed by atoms with Gasteiger partial charge < -0.3 is 13.9 Å². The summed E-state index contributed by atoms with van der Waals surface area (Å²) in [4.78, 5) is 23.4. The molecular formula is C16H23N3O5S. The molecule has 0 atom stereocenters. The summed E-state index contributed by atoms with van der Waals surface area (Å²) in [5, 5.41) is 2.27. The van der Waals surface area contributed by atoms with E-state index in [2.05, 4.69) is 16.2 Å². The number of benzene rings is 1. The van der Waals surface area contributed by atoms with Gasteiger partial charge in [-0.05, 0) is 55.5 Å². The normalized spacial score (nSPS) is 9.80. The second kappa shape index (κ2) is 9.28. The van der Waals surface area contributed by atoms with Gasteiger partial charge in [-0.3, -0.25) is 25.8 Å². The highest BCUT2D eigenvalue weighted by Crippen LogP contribution is 2.17. The highest BCUT2D eigenvalue weighted by Gasteiger charge is 2.10. The van der Waals surface area contributed by atoms with E-state index in [1.165, 1.54) is 12.3 Å². The quantitative estimate of drug-likeness (QED) is 0.529. The van der Waals surface area contributed by atoms with Gasteiger partial charge in [0.1, 0.15) is 11.5 Å². The van der Waals surface area contributed by atoms with Crippen LogP contribution in [-0.4, -0.2) is 30.1 Å². The van der Waals surface area contributed by atoms with Crippen molar-refractivity contribution in [1.29, 1.82) is 0 Å². The van der Waals surface area contributed by atoms with Crippen LogP contribution in [0.4, 0.5) is 0 Å². The van der Waals surface area contributed by atoms with Crippen molar-refractivity contribution in [3.8, 4) is 11.5 Å². The van der Waals surface area contributed by atoms with Gasteiger partial charge >= 0.3 is 0 Å². The van der Waals surface area contributed by atoms with Crippen LogP contribution in [0.5, 0.6) is 11.5 Å². The summed E-state index contributed by atoms with van der Waals surface area (Å²) in [7, 11) is 0. The third kappa shape index (κ3) is 6.15. The molecule has 0 radical (unpaired) electrons. The third-order valence-electron chi connectivity index (χ3n) is 2.79. The second-order valence-corrected chi connectivity index (χ2v) is 5.04. The van der Waals surface area contributed by atoms with Gasteiger partial charge in [0.2, 0.25) is 0 Å². The molecular weight excluding hydrogens is 346 g/mol. The Morgan fingerprint density at radius 1 is 1.12 bits per heavy atom. The fourth-order valence-corrected chi connectivity index (χ4v) is 1.86. The Labute approximate surface area is 153 Å². The smallest absolute Gasteiger partial charge is 0.293 e. The van der Waals surface area contributed by atoms with Crippen molar-refractivity contribution in [2.75, 3.05) is 13.2 Å². The molecule has 0 unspecified atom stereocenters. The molecule has 1 aromatic heterocycles. The molecule has 2 aromatic rings. The van der Waals surface area contributed by atoms with Crippen LogP contribution in [0.1, 0.15) is 21.8 Å². The van der Waals surface area contributed by atoms with Gasteiger partial charge in [-0.15, -0.1) is 0 Å². The van der Waals surface area contributed by atoms with Crippen molar-refractivity contribution < 1.29 is 27.8 Å². The van der Waals surface area contributed by atoms with Gasteiger partial charge in [0.25, 0.3) is 11.8 Å². The molecule has 1 aromatic carbocycles. The topological polar surface area (TPSA) is 102 Å². The van der Waals surface area contributed by atoms with E-state index < -0.39 is 11.8 Å². The molecule has 2 rings (SSSR count). The lowest BCUT2D eigenvalue weighted by Crippen LogP contribution is -2.49. The maximum Gasteiger partial charge on any atom is 0.293 e. The van der Waals surface area contributed by atoms with Gasteiger partial charge in [-0.25, -0.2) is 0 Å². The Hall–Kier alpha value is -3.07. The fraction of sp³-hybridized carbons (Fsp3) is 0.188. The van der Waals surface area contributed by atoms with Crippen molar-refractivity contribution in [3.63, 3.8) is 0 Å². The van der Waals surface area contributed by atoms with Crippen molar-refractivity contribution in [2.24, 2.45) is 0 Å². The van der Waals surface area contributed by atoms with Crippen LogP contribution in [0.15, 0.2) is 47.1 Å². The van der Waals surface area contributed by atoms with E-state index in [1.54, 1.807) is 30.3 Å². The summed E-state index contributed by atoms with van der Waals surface area (Å²) in [5.74, 6) is 0.353. The summed E-state index contributed by atoms with van der Waals surface area (Å²) in [6.07, 6.45) is 1.37. The number of amides is 2. The third-order valence-corrected chi connectivity index (χ3v) is 3.00. The van der Waals surface area contributed by atoms with Gasteiger partial charge in [0.05, 0.1) is 12.9 Å². The first-order valence-corrected chi connectivity index (χ1v) is 7.78. The Kier molecular flexibility index (Phi) is 6.78. The number of carbonyl (C=O) groups is 2. The molecule has 2 amide bonds. The monoisotopic (exact) mass is 369 g/mol. The molecule has 0 spiro atoms. The molecule has 0 saturated heterocycles. The summed E-state index contributed by atoms with van der Waals surface area (Å²) in [5.41, 5.74) is 4.71. The first-order valence-electron chi connectivity index (χ1n) is 7.38.